The molecule has 0 unspecified atom stereocenters. The average Bonchev–Trinajstić information content (AvgIpc) is 2.28. The van der Waals surface area contributed by atoms with Crippen molar-refractivity contribution in [1.82, 2.24) is 0 Å². The topological polar surface area (TPSA) is 46.2 Å². The first-order valence-corrected chi connectivity index (χ1v) is 5.62. The van der Waals surface area contributed by atoms with E-state index in [2.05, 4.69) is 5.32 Å². The van der Waals surface area contributed by atoms with Crippen molar-refractivity contribution in [3.8, 4) is 0 Å². The van der Waals surface area contributed by atoms with Gasteiger partial charge >= 0.3 is 0 Å². The molecule has 1 aromatic carbocycles. The number of ketones is 1. The van der Waals surface area contributed by atoms with Gasteiger partial charge in [0.25, 0.3) is 0 Å². The van der Waals surface area contributed by atoms with Crippen molar-refractivity contribution in [2.75, 3.05) is 11.2 Å². The molecule has 1 rings (SSSR count). The SMILES string of the molecule is CCc1cccc(C(C)=O)c1NC(=O)CCl. The highest BCUT2D eigenvalue weighted by Crippen LogP contribution is 2.22. The molecule has 0 aliphatic heterocycles. The summed E-state index contributed by atoms with van der Waals surface area (Å²) in [5, 5.41) is 2.67. The molecule has 16 heavy (non-hydrogen) atoms. The van der Waals surface area contributed by atoms with Crippen LogP contribution < -0.4 is 5.32 Å². The fraction of sp³-hybridized carbons (Fsp3) is 0.333. The Labute approximate surface area is 99.8 Å². The summed E-state index contributed by atoms with van der Waals surface area (Å²) in [5.41, 5.74) is 2.05. The molecule has 0 aromatic heterocycles. The second kappa shape index (κ2) is 5.66. The summed E-state index contributed by atoms with van der Waals surface area (Å²) < 4.78 is 0. The summed E-state index contributed by atoms with van der Waals surface area (Å²) >= 11 is 5.43. The minimum atomic E-state index is -0.301. The Bertz CT molecular complexity index is 415. The fourth-order valence-electron chi connectivity index (χ4n) is 1.51. The quantitative estimate of drug-likeness (QED) is 0.649. The van der Waals surface area contributed by atoms with Gasteiger partial charge in [-0.1, -0.05) is 19.1 Å². The van der Waals surface area contributed by atoms with E-state index in [1.807, 2.05) is 19.1 Å². The Kier molecular flexibility index (Phi) is 4.50. The predicted octanol–water partition coefficient (Wildman–Crippen LogP) is 2.63. The number of nitrogens with one attached hydrogen (secondary N) is 1. The van der Waals surface area contributed by atoms with Gasteiger partial charge in [0.1, 0.15) is 5.88 Å². The van der Waals surface area contributed by atoms with E-state index < -0.39 is 0 Å². The van der Waals surface area contributed by atoms with Gasteiger partial charge in [-0.05, 0) is 25.0 Å². The number of benzene rings is 1. The molecule has 0 fully saturated rings. The van der Waals surface area contributed by atoms with Crippen LogP contribution in [0.1, 0.15) is 29.8 Å². The zero-order valence-corrected chi connectivity index (χ0v) is 10.1. The number of anilines is 1. The average molecular weight is 240 g/mol. The molecule has 3 nitrogen and oxygen atoms in total. The van der Waals surface area contributed by atoms with Crippen LogP contribution in [0.5, 0.6) is 0 Å². The van der Waals surface area contributed by atoms with Gasteiger partial charge in [-0.3, -0.25) is 9.59 Å². The fourth-order valence-corrected chi connectivity index (χ4v) is 1.58. The minimum absolute atomic E-state index is 0.0693. The first-order chi connectivity index (χ1) is 7.60. The lowest BCUT2D eigenvalue weighted by atomic mass is 10.0. The van der Waals surface area contributed by atoms with Crippen molar-refractivity contribution < 1.29 is 9.59 Å². The van der Waals surface area contributed by atoms with Crippen LogP contribution in [0.4, 0.5) is 5.69 Å². The first-order valence-electron chi connectivity index (χ1n) is 5.08. The molecule has 0 aliphatic carbocycles. The molecule has 0 saturated carbocycles. The van der Waals surface area contributed by atoms with Crippen LogP contribution in [0.15, 0.2) is 18.2 Å². The van der Waals surface area contributed by atoms with Crippen molar-refractivity contribution in [1.29, 1.82) is 0 Å². The highest BCUT2D eigenvalue weighted by molar-refractivity contribution is 6.29. The molecule has 1 N–H and O–H groups in total. The van der Waals surface area contributed by atoms with E-state index in [0.717, 1.165) is 12.0 Å². The molecule has 0 atom stereocenters. The Balaban J connectivity index is 3.19. The number of hydrogen-bond acceptors (Lipinski definition) is 2. The van der Waals surface area contributed by atoms with Gasteiger partial charge in [0.05, 0.1) is 5.69 Å². The summed E-state index contributed by atoms with van der Waals surface area (Å²) in [6.07, 6.45) is 0.749. The molecule has 0 heterocycles. The molecule has 0 bridgehead atoms. The molecule has 0 aliphatic rings. The van der Waals surface area contributed by atoms with Gasteiger partial charge in [-0.25, -0.2) is 0 Å². The van der Waals surface area contributed by atoms with Crippen LogP contribution in [-0.4, -0.2) is 17.6 Å². The van der Waals surface area contributed by atoms with Gasteiger partial charge in [-0.15, -0.1) is 11.6 Å². The van der Waals surface area contributed by atoms with Crippen molar-refractivity contribution >= 4 is 29.0 Å². The summed E-state index contributed by atoms with van der Waals surface area (Å²) in [4.78, 5) is 22.7. The third-order valence-corrected chi connectivity index (χ3v) is 2.54. The number of aryl methyl sites for hydroxylation is 1. The van der Waals surface area contributed by atoms with Gasteiger partial charge in [-0.2, -0.15) is 0 Å². The number of alkyl halides is 1. The normalized spacial score (nSPS) is 9.94. The number of carbonyl (C=O) groups excluding carboxylic acids is 2. The molecule has 0 radical (unpaired) electrons. The molecule has 1 amide bonds. The number of halogens is 1. The zero-order chi connectivity index (χ0) is 12.1. The minimum Gasteiger partial charge on any atom is -0.324 e. The molecule has 1 aromatic rings. The van der Waals surface area contributed by atoms with E-state index in [9.17, 15) is 9.59 Å². The molecule has 0 spiro atoms. The number of carbonyl (C=O) groups is 2. The second-order valence-corrected chi connectivity index (χ2v) is 3.70. The third kappa shape index (κ3) is 2.83. The number of hydrogen-bond donors (Lipinski definition) is 1. The van der Waals surface area contributed by atoms with Crippen molar-refractivity contribution in [3.63, 3.8) is 0 Å². The number of rotatable bonds is 4. The van der Waals surface area contributed by atoms with Crippen LogP contribution in [0.3, 0.4) is 0 Å². The highest BCUT2D eigenvalue weighted by atomic mass is 35.5. The molecule has 4 heteroatoms. The number of amides is 1. The Morgan fingerprint density at radius 3 is 2.56 bits per heavy atom. The van der Waals surface area contributed by atoms with E-state index >= 15 is 0 Å². The Morgan fingerprint density at radius 2 is 2.06 bits per heavy atom. The van der Waals surface area contributed by atoms with E-state index in [4.69, 9.17) is 11.6 Å². The number of para-hydroxylation sites is 1. The third-order valence-electron chi connectivity index (χ3n) is 2.30. The lowest BCUT2D eigenvalue weighted by molar-refractivity contribution is -0.113. The largest absolute Gasteiger partial charge is 0.324 e. The maximum Gasteiger partial charge on any atom is 0.239 e. The summed E-state index contributed by atoms with van der Waals surface area (Å²) in [6, 6.07) is 5.40. The maximum atomic E-state index is 11.4. The Hall–Kier alpha value is -1.35. The van der Waals surface area contributed by atoms with Crippen LogP contribution >= 0.6 is 11.6 Å². The smallest absolute Gasteiger partial charge is 0.239 e. The molecular weight excluding hydrogens is 226 g/mol. The van der Waals surface area contributed by atoms with Gasteiger partial charge < -0.3 is 5.32 Å². The highest BCUT2D eigenvalue weighted by Gasteiger charge is 2.12. The lowest BCUT2D eigenvalue weighted by Crippen LogP contribution is -2.16. The van der Waals surface area contributed by atoms with Gasteiger partial charge in [0.2, 0.25) is 5.91 Å². The first kappa shape index (κ1) is 12.7. The van der Waals surface area contributed by atoms with Crippen molar-refractivity contribution in [3.05, 3.63) is 29.3 Å². The van der Waals surface area contributed by atoms with Crippen LogP contribution in [0.25, 0.3) is 0 Å². The van der Waals surface area contributed by atoms with Crippen molar-refractivity contribution in [2.24, 2.45) is 0 Å². The van der Waals surface area contributed by atoms with Gasteiger partial charge in [0.15, 0.2) is 5.78 Å². The predicted molar refractivity (Wildman–Crippen MR) is 65.2 cm³/mol. The summed E-state index contributed by atoms with van der Waals surface area (Å²) in [6.45, 7) is 3.45. The van der Waals surface area contributed by atoms with Crippen molar-refractivity contribution in [2.45, 2.75) is 20.3 Å². The zero-order valence-electron chi connectivity index (χ0n) is 9.34. The molecular formula is C12H14ClNO2. The molecule has 86 valence electrons. The van der Waals surface area contributed by atoms with Crippen LogP contribution in [0.2, 0.25) is 0 Å². The standard InChI is InChI=1S/C12H14ClNO2/c1-3-9-5-4-6-10(8(2)15)12(9)14-11(16)7-13/h4-6H,3,7H2,1-2H3,(H,14,16). The number of Topliss-reactive ketones (excluding diaryl/α,β-unsaturated/α-hetero) is 1. The summed E-state index contributed by atoms with van der Waals surface area (Å²) in [7, 11) is 0. The molecule has 0 saturated heterocycles. The second-order valence-electron chi connectivity index (χ2n) is 3.43. The monoisotopic (exact) mass is 239 g/mol. The van der Waals surface area contributed by atoms with Gasteiger partial charge in [0, 0.05) is 5.56 Å². The van der Waals surface area contributed by atoms with Crippen LogP contribution in [0, 0.1) is 0 Å². The van der Waals surface area contributed by atoms with Crippen LogP contribution in [-0.2, 0) is 11.2 Å². The Morgan fingerprint density at radius 1 is 1.38 bits per heavy atom. The lowest BCUT2D eigenvalue weighted by Gasteiger charge is -2.12. The van der Waals surface area contributed by atoms with E-state index in [1.165, 1.54) is 6.92 Å². The summed E-state index contributed by atoms with van der Waals surface area (Å²) in [5.74, 6) is -0.486. The van der Waals surface area contributed by atoms with E-state index in [0.29, 0.717) is 11.3 Å². The van der Waals surface area contributed by atoms with E-state index in [1.54, 1.807) is 6.07 Å². The van der Waals surface area contributed by atoms with E-state index in [-0.39, 0.29) is 17.6 Å². The maximum absolute atomic E-state index is 11.4.